The number of carbonyl (C=O) groups excluding carboxylic acids is 3. The van der Waals surface area contributed by atoms with E-state index in [1.807, 2.05) is 62.4 Å². The second-order valence-corrected chi connectivity index (χ2v) is 7.51. The Bertz CT molecular complexity index is 1110. The molecule has 0 radical (unpaired) electrons. The van der Waals surface area contributed by atoms with E-state index in [0.29, 0.717) is 22.9 Å². The number of amides is 2. The van der Waals surface area contributed by atoms with Gasteiger partial charge in [-0.2, -0.15) is 0 Å². The second-order valence-electron chi connectivity index (χ2n) is 7.51. The van der Waals surface area contributed by atoms with Crippen molar-refractivity contribution in [3.63, 3.8) is 0 Å². The quantitative estimate of drug-likeness (QED) is 0.451. The molecule has 0 bridgehead atoms. The third-order valence-corrected chi connectivity index (χ3v) is 4.69. The molecule has 3 aromatic carbocycles. The SMILES string of the molecule is Cc1ccc(NC(=O)CCC(=O)OCC(=O)Nc2ccc(Oc3ccccc3)cc2)c(C)c1. The number of nitrogens with one attached hydrogen (secondary N) is 2. The summed E-state index contributed by atoms with van der Waals surface area (Å²) in [5.41, 5.74) is 3.30. The number of hydrogen-bond acceptors (Lipinski definition) is 5. The van der Waals surface area contributed by atoms with Crippen molar-refractivity contribution < 1.29 is 23.9 Å². The Morgan fingerprint density at radius 2 is 1.45 bits per heavy atom. The molecule has 0 saturated carbocycles. The normalized spacial score (nSPS) is 10.2. The molecule has 0 saturated heterocycles. The summed E-state index contributed by atoms with van der Waals surface area (Å²) in [5, 5.41) is 5.42. The molecule has 2 N–H and O–H groups in total. The number of anilines is 2. The van der Waals surface area contributed by atoms with Gasteiger partial charge in [-0.1, -0.05) is 35.9 Å². The molecule has 33 heavy (non-hydrogen) atoms. The molecular weight excluding hydrogens is 420 g/mol. The van der Waals surface area contributed by atoms with Crippen molar-refractivity contribution in [3.8, 4) is 11.5 Å². The van der Waals surface area contributed by atoms with Crippen LogP contribution in [0.2, 0.25) is 0 Å². The average Bonchev–Trinajstić information content (AvgIpc) is 2.80. The van der Waals surface area contributed by atoms with Gasteiger partial charge in [0.15, 0.2) is 6.61 Å². The lowest BCUT2D eigenvalue weighted by molar-refractivity contribution is -0.147. The van der Waals surface area contributed by atoms with Crippen molar-refractivity contribution in [2.75, 3.05) is 17.2 Å². The fourth-order valence-electron chi connectivity index (χ4n) is 3.03. The van der Waals surface area contributed by atoms with Gasteiger partial charge < -0.3 is 20.1 Å². The number of aryl methyl sites for hydroxylation is 2. The highest BCUT2D eigenvalue weighted by atomic mass is 16.5. The summed E-state index contributed by atoms with van der Waals surface area (Å²) < 4.78 is 10.7. The van der Waals surface area contributed by atoms with Gasteiger partial charge >= 0.3 is 5.97 Å². The van der Waals surface area contributed by atoms with Gasteiger partial charge in [0.05, 0.1) is 6.42 Å². The standard InChI is InChI=1S/C26H26N2O5/c1-18-8-13-23(19(2)16-18)28-24(29)14-15-26(31)32-17-25(30)27-20-9-11-22(12-10-20)33-21-6-4-3-5-7-21/h3-13,16H,14-15,17H2,1-2H3,(H,27,30)(H,28,29). The molecule has 2 amide bonds. The highest BCUT2D eigenvalue weighted by molar-refractivity contribution is 5.94. The predicted molar refractivity (Wildman–Crippen MR) is 126 cm³/mol. The maximum atomic E-state index is 12.1. The lowest BCUT2D eigenvalue weighted by Gasteiger charge is -2.10. The van der Waals surface area contributed by atoms with E-state index in [1.54, 1.807) is 24.3 Å². The summed E-state index contributed by atoms with van der Waals surface area (Å²) in [5.74, 6) is -0.0397. The molecule has 0 aliphatic carbocycles. The topological polar surface area (TPSA) is 93.7 Å². The van der Waals surface area contributed by atoms with Crippen molar-refractivity contribution in [2.45, 2.75) is 26.7 Å². The zero-order chi connectivity index (χ0) is 23.6. The van der Waals surface area contributed by atoms with Crippen molar-refractivity contribution in [2.24, 2.45) is 0 Å². The highest BCUT2D eigenvalue weighted by Gasteiger charge is 2.12. The molecule has 0 fully saturated rings. The van der Waals surface area contributed by atoms with Crippen LogP contribution >= 0.6 is 0 Å². The summed E-state index contributed by atoms with van der Waals surface area (Å²) in [7, 11) is 0. The molecule has 170 valence electrons. The number of esters is 1. The summed E-state index contributed by atoms with van der Waals surface area (Å²) >= 11 is 0. The summed E-state index contributed by atoms with van der Waals surface area (Å²) in [6.45, 7) is 3.44. The van der Waals surface area contributed by atoms with Crippen LogP contribution in [0.1, 0.15) is 24.0 Å². The van der Waals surface area contributed by atoms with E-state index in [0.717, 1.165) is 11.1 Å². The van der Waals surface area contributed by atoms with Crippen molar-refractivity contribution >= 4 is 29.2 Å². The Hall–Kier alpha value is -4.13. The van der Waals surface area contributed by atoms with E-state index in [1.165, 1.54) is 0 Å². The van der Waals surface area contributed by atoms with Crippen molar-refractivity contribution in [1.29, 1.82) is 0 Å². The number of carbonyl (C=O) groups is 3. The molecule has 0 aliphatic rings. The molecule has 0 unspecified atom stereocenters. The minimum Gasteiger partial charge on any atom is -0.457 e. The number of rotatable bonds is 9. The van der Waals surface area contributed by atoms with E-state index in [9.17, 15) is 14.4 Å². The fourth-order valence-corrected chi connectivity index (χ4v) is 3.03. The minimum atomic E-state index is -0.618. The first-order valence-electron chi connectivity index (χ1n) is 10.5. The number of para-hydroxylation sites is 1. The van der Waals surface area contributed by atoms with Crippen LogP contribution in [-0.2, 0) is 19.1 Å². The van der Waals surface area contributed by atoms with E-state index in [4.69, 9.17) is 9.47 Å². The molecule has 0 aliphatic heterocycles. The Kier molecular flexibility index (Phi) is 8.18. The van der Waals surface area contributed by atoms with Gasteiger partial charge in [-0.3, -0.25) is 14.4 Å². The van der Waals surface area contributed by atoms with Gasteiger partial charge in [0.2, 0.25) is 5.91 Å². The largest absolute Gasteiger partial charge is 0.457 e. The van der Waals surface area contributed by atoms with E-state index in [2.05, 4.69) is 10.6 Å². The molecule has 0 spiro atoms. The molecule has 3 aromatic rings. The summed E-state index contributed by atoms with van der Waals surface area (Å²) in [4.78, 5) is 36.0. The lowest BCUT2D eigenvalue weighted by atomic mass is 10.1. The van der Waals surface area contributed by atoms with E-state index < -0.39 is 18.5 Å². The Balaban J connectivity index is 1.36. The van der Waals surface area contributed by atoms with Gasteiger partial charge in [-0.15, -0.1) is 0 Å². The summed E-state index contributed by atoms with van der Waals surface area (Å²) in [6.07, 6.45) is -0.147. The van der Waals surface area contributed by atoms with E-state index >= 15 is 0 Å². The van der Waals surface area contributed by atoms with Crippen molar-refractivity contribution in [3.05, 3.63) is 83.9 Å². The molecule has 7 heteroatoms. The van der Waals surface area contributed by atoms with Crippen LogP contribution in [0.25, 0.3) is 0 Å². The maximum absolute atomic E-state index is 12.1. The fraction of sp³-hybridized carbons (Fsp3) is 0.192. The van der Waals surface area contributed by atoms with Crippen LogP contribution < -0.4 is 15.4 Å². The van der Waals surface area contributed by atoms with Crippen molar-refractivity contribution in [1.82, 2.24) is 0 Å². The van der Waals surface area contributed by atoms with Crippen LogP contribution in [0.3, 0.4) is 0 Å². The number of benzene rings is 3. The minimum absolute atomic E-state index is 0.0311. The van der Waals surface area contributed by atoms with Crippen LogP contribution in [0.15, 0.2) is 72.8 Å². The third kappa shape index (κ3) is 7.81. The maximum Gasteiger partial charge on any atom is 0.306 e. The van der Waals surface area contributed by atoms with Gasteiger partial charge in [-0.25, -0.2) is 0 Å². The summed E-state index contributed by atoms with van der Waals surface area (Å²) in [6, 6.07) is 21.9. The first-order valence-corrected chi connectivity index (χ1v) is 10.5. The van der Waals surface area contributed by atoms with Gasteiger partial charge in [0.1, 0.15) is 11.5 Å². The average molecular weight is 447 g/mol. The zero-order valence-electron chi connectivity index (χ0n) is 18.6. The predicted octanol–water partition coefficient (Wildman–Crippen LogP) is 5.00. The van der Waals surface area contributed by atoms with Crippen LogP contribution in [-0.4, -0.2) is 24.4 Å². The Labute approximate surface area is 192 Å². The van der Waals surface area contributed by atoms with Gasteiger partial charge in [-0.05, 0) is 61.9 Å². The van der Waals surface area contributed by atoms with E-state index in [-0.39, 0.29) is 18.7 Å². The number of hydrogen-bond donors (Lipinski definition) is 2. The zero-order valence-corrected chi connectivity index (χ0v) is 18.6. The molecule has 3 rings (SSSR count). The van der Waals surface area contributed by atoms with Crippen LogP contribution in [0.5, 0.6) is 11.5 Å². The highest BCUT2D eigenvalue weighted by Crippen LogP contribution is 2.22. The Morgan fingerprint density at radius 3 is 2.15 bits per heavy atom. The molecule has 0 atom stereocenters. The molecule has 7 nitrogen and oxygen atoms in total. The third-order valence-electron chi connectivity index (χ3n) is 4.69. The first-order chi connectivity index (χ1) is 15.9. The second kappa shape index (κ2) is 11.5. The lowest BCUT2D eigenvalue weighted by Crippen LogP contribution is -2.21. The number of ether oxygens (including phenoxy) is 2. The Morgan fingerprint density at radius 1 is 0.758 bits per heavy atom. The molecular formula is C26H26N2O5. The van der Waals surface area contributed by atoms with Gasteiger partial charge in [0, 0.05) is 17.8 Å². The smallest absolute Gasteiger partial charge is 0.306 e. The monoisotopic (exact) mass is 446 g/mol. The molecule has 0 heterocycles. The molecule has 0 aromatic heterocycles. The van der Waals surface area contributed by atoms with Crippen LogP contribution in [0, 0.1) is 13.8 Å². The first kappa shape index (κ1) is 23.5. The van der Waals surface area contributed by atoms with Crippen LogP contribution in [0.4, 0.5) is 11.4 Å². The van der Waals surface area contributed by atoms with Gasteiger partial charge in [0.25, 0.3) is 5.91 Å².